The third-order valence-electron chi connectivity index (χ3n) is 3.14. The Morgan fingerprint density at radius 1 is 1.09 bits per heavy atom. The molecular formula is C16H18N2O3S. The van der Waals surface area contributed by atoms with Gasteiger partial charge in [-0.15, -0.1) is 0 Å². The molecule has 6 heteroatoms. The molecular weight excluding hydrogens is 300 g/mol. The summed E-state index contributed by atoms with van der Waals surface area (Å²) >= 11 is 0. The van der Waals surface area contributed by atoms with Gasteiger partial charge in [0, 0.05) is 17.8 Å². The van der Waals surface area contributed by atoms with Crippen LogP contribution in [0.1, 0.15) is 22.8 Å². The first-order valence-corrected chi connectivity index (χ1v) is 8.28. The molecule has 2 aromatic carbocycles. The van der Waals surface area contributed by atoms with Gasteiger partial charge in [0.25, 0.3) is 10.0 Å². The van der Waals surface area contributed by atoms with Crippen molar-refractivity contribution in [2.24, 2.45) is 0 Å². The standard InChI is InChI=1S/C16H18N2O3S/c1-12(19)14-4-3-5-15(10-14)18-22(20,21)16-8-6-13(7-9-16)11-17-2/h3-10,17-18H,11H2,1-2H3. The number of Topliss-reactive ketones (excluding diaryl/α,β-unsaturated/α-hetero) is 1. The molecule has 0 aromatic heterocycles. The molecule has 0 bridgehead atoms. The maximum Gasteiger partial charge on any atom is 0.261 e. The minimum absolute atomic E-state index is 0.113. The summed E-state index contributed by atoms with van der Waals surface area (Å²) in [7, 11) is -1.84. The van der Waals surface area contributed by atoms with Gasteiger partial charge in [0.2, 0.25) is 0 Å². The normalized spacial score (nSPS) is 11.2. The third kappa shape index (κ3) is 3.93. The maximum absolute atomic E-state index is 12.3. The number of carbonyl (C=O) groups excluding carboxylic acids is 1. The first-order chi connectivity index (χ1) is 10.4. The van der Waals surface area contributed by atoms with Crippen molar-refractivity contribution < 1.29 is 13.2 Å². The number of carbonyl (C=O) groups is 1. The highest BCUT2D eigenvalue weighted by atomic mass is 32.2. The fourth-order valence-electron chi connectivity index (χ4n) is 2.01. The number of hydrogen-bond acceptors (Lipinski definition) is 4. The quantitative estimate of drug-likeness (QED) is 0.802. The van der Waals surface area contributed by atoms with Gasteiger partial charge in [0.05, 0.1) is 4.90 Å². The van der Waals surface area contributed by atoms with Crippen molar-refractivity contribution in [2.45, 2.75) is 18.4 Å². The lowest BCUT2D eigenvalue weighted by molar-refractivity contribution is 0.101. The van der Waals surface area contributed by atoms with Gasteiger partial charge >= 0.3 is 0 Å². The molecule has 2 rings (SSSR count). The number of benzene rings is 2. The van der Waals surface area contributed by atoms with E-state index in [1.165, 1.54) is 13.0 Å². The second-order valence-corrected chi connectivity index (χ2v) is 6.60. The lowest BCUT2D eigenvalue weighted by Gasteiger charge is -2.09. The summed E-state index contributed by atoms with van der Waals surface area (Å²) < 4.78 is 27.2. The van der Waals surface area contributed by atoms with Gasteiger partial charge in [-0.05, 0) is 43.8 Å². The second kappa shape index (κ2) is 6.72. The molecule has 0 saturated heterocycles. The van der Waals surface area contributed by atoms with Crippen molar-refractivity contribution in [3.05, 3.63) is 59.7 Å². The molecule has 0 heterocycles. The molecule has 2 N–H and O–H groups in total. The van der Waals surface area contributed by atoms with E-state index in [0.717, 1.165) is 5.56 Å². The van der Waals surface area contributed by atoms with Crippen molar-refractivity contribution in [1.29, 1.82) is 0 Å². The van der Waals surface area contributed by atoms with Crippen LogP contribution in [0.15, 0.2) is 53.4 Å². The summed E-state index contributed by atoms with van der Waals surface area (Å²) in [5.41, 5.74) is 1.83. The molecule has 0 aliphatic heterocycles. The molecule has 116 valence electrons. The zero-order chi connectivity index (χ0) is 16.2. The van der Waals surface area contributed by atoms with Gasteiger partial charge in [-0.2, -0.15) is 0 Å². The molecule has 0 amide bonds. The van der Waals surface area contributed by atoms with Crippen LogP contribution in [-0.4, -0.2) is 21.2 Å². The van der Waals surface area contributed by atoms with Crippen molar-refractivity contribution >= 4 is 21.5 Å². The summed E-state index contributed by atoms with van der Waals surface area (Å²) in [6.07, 6.45) is 0. The molecule has 2 aromatic rings. The highest BCUT2D eigenvalue weighted by Gasteiger charge is 2.14. The molecule has 0 fully saturated rings. The molecule has 0 saturated carbocycles. The van der Waals surface area contributed by atoms with Gasteiger partial charge in [-0.1, -0.05) is 24.3 Å². The molecule has 0 aliphatic rings. The van der Waals surface area contributed by atoms with Gasteiger partial charge in [0.1, 0.15) is 0 Å². The van der Waals surface area contributed by atoms with Crippen LogP contribution in [0, 0.1) is 0 Å². The van der Waals surface area contributed by atoms with Crippen LogP contribution in [0.3, 0.4) is 0 Å². The van der Waals surface area contributed by atoms with E-state index in [1.807, 2.05) is 7.05 Å². The Balaban J connectivity index is 2.23. The molecule has 0 spiro atoms. The summed E-state index contributed by atoms with van der Waals surface area (Å²) in [5, 5.41) is 3.00. The lowest BCUT2D eigenvalue weighted by atomic mass is 10.1. The van der Waals surface area contributed by atoms with E-state index in [-0.39, 0.29) is 10.7 Å². The average Bonchev–Trinajstić information content (AvgIpc) is 2.48. The lowest BCUT2D eigenvalue weighted by Crippen LogP contribution is -2.13. The Hall–Kier alpha value is -2.18. The highest BCUT2D eigenvalue weighted by molar-refractivity contribution is 7.92. The molecule has 5 nitrogen and oxygen atoms in total. The molecule has 0 aliphatic carbocycles. The average molecular weight is 318 g/mol. The number of hydrogen-bond donors (Lipinski definition) is 2. The number of rotatable bonds is 6. The Kier molecular flexibility index (Phi) is 4.95. The smallest absolute Gasteiger partial charge is 0.261 e. The van der Waals surface area contributed by atoms with Gasteiger partial charge in [-0.25, -0.2) is 8.42 Å². The fraction of sp³-hybridized carbons (Fsp3) is 0.188. The summed E-state index contributed by atoms with van der Waals surface area (Å²) in [4.78, 5) is 11.5. The van der Waals surface area contributed by atoms with E-state index in [0.29, 0.717) is 17.8 Å². The predicted octanol–water partition coefficient (Wildman–Crippen LogP) is 2.41. The minimum Gasteiger partial charge on any atom is -0.316 e. The number of sulfonamides is 1. The van der Waals surface area contributed by atoms with Crippen molar-refractivity contribution in [2.75, 3.05) is 11.8 Å². The van der Waals surface area contributed by atoms with Crippen LogP contribution >= 0.6 is 0 Å². The monoisotopic (exact) mass is 318 g/mol. The first kappa shape index (κ1) is 16.2. The Labute approximate surface area is 130 Å². The fourth-order valence-corrected chi connectivity index (χ4v) is 3.06. The van der Waals surface area contributed by atoms with Crippen LogP contribution in [0.5, 0.6) is 0 Å². The number of anilines is 1. The van der Waals surface area contributed by atoms with E-state index in [1.54, 1.807) is 42.5 Å². The van der Waals surface area contributed by atoms with Crippen LogP contribution in [0.4, 0.5) is 5.69 Å². The van der Waals surface area contributed by atoms with Gasteiger partial charge in [0.15, 0.2) is 5.78 Å². The minimum atomic E-state index is -3.67. The molecule has 0 atom stereocenters. The van der Waals surface area contributed by atoms with Gasteiger partial charge < -0.3 is 5.32 Å². The van der Waals surface area contributed by atoms with E-state index in [9.17, 15) is 13.2 Å². The van der Waals surface area contributed by atoms with Crippen LogP contribution in [-0.2, 0) is 16.6 Å². The zero-order valence-corrected chi connectivity index (χ0v) is 13.3. The summed E-state index contributed by atoms with van der Waals surface area (Å²) in [6.45, 7) is 2.11. The maximum atomic E-state index is 12.3. The Morgan fingerprint density at radius 3 is 2.36 bits per heavy atom. The van der Waals surface area contributed by atoms with E-state index >= 15 is 0 Å². The van der Waals surface area contributed by atoms with Crippen molar-refractivity contribution in [3.63, 3.8) is 0 Å². The van der Waals surface area contributed by atoms with E-state index in [4.69, 9.17) is 0 Å². The SMILES string of the molecule is CNCc1ccc(S(=O)(=O)Nc2cccc(C(C)=O)c2)cc1. The predicted molar refractivity (Wildman–Crippen MR) is 86.5 cm³/mol. The second-order valence-electron chi connectivity index (χ2n) is 4.92. The van der Waals surface area contributed by atoms with Crippen molar-refractivity contribution in [3.8, 4) is 0 Å². The zero-order valence-electron chi connectivity index (χ0n) is 12.5. The van der Waals surface area contributed by atoms with Crippen molar-refractivity contribution in [1.82, 2.24) is 5.32 Å². The van der Waals surface area contributed by atoms with E-state index < -0.39 is 10.0 Å². The Bertz CT molecular complexity index is 768. The number of nitrogens with one attached hydrogen (secondary N) is 2. The Morgan fingerprint density at radius 2 is 1.77 bits per heavy atom. The largest absolute Gasteiger partial charge is 0.316 e. The molecule has 0 unspecified atom stereocenters. The first-order valence-electron chi connectivity index (χ1n) is 6.80. The van der Waals surface area contributed by atoms with Gasteiger partial charge in [-0.3, -0.25) is 9.52 Å². The van der Waals surface area contributed by atoms with Crippen LogP contribution in [0.25, 0.3) is 0 Å². The third-order valence-corrected chi connectivity index (χ3v) is 4.53. The molecule has 22 heavy (non-hydrogen) atoms. The summed E-state index contributed by atoms with van der Waals surface area (Å²) in [5.74, 6) is -0.113. The molecule has 0 radical (unpaired) electrons. The van der Waals surface area contributed by atoms with Crippen LogP contribution < -0.4 is 10.0 Å². The van der Waals surface area contributed by atoms with Crippen LogP contribution in [0.2, 0.25) is 0 Å². The number of ketones is 1. The topological polar surface area (TPSA) is 75.3 Å². The highest BCUT2D eigenvalue weighted by Crippen LogP contribution is 2.18. The summed E-state index contributed by atoms with van der Waals surface area (Å²) in [6, 6.07) is 13.1. The van der Waals surface area contributed by atoms with E-state index in [2.05, 4.69) is 10.0 Å².